The first-order valence-electron chi connectivity index (χ1n) is 6.32. The number of nitrogens with zero attached hydrogens (tertiary/aromatic N) is 2. The topological polar surface area (TPSA) is 54.9 Å². The zero-order valence-corrected chi connectivity index (χ0v) is 11.5. The summed E-state index contributed by atoms with van der Waals surface area (Å²) in [6, 6.07) is 5.44. The lowest BCUT2D eigenvalue weighted by atomic mass is 10.1. The van der Waals surface area contributed by atoms with Crippen LogP contribution in [0.25, 0.3) is 11.0 Å². The van der Waals surface area contributed by atoms with E-state index in [1.165, 1.54) is 0 Å². The number of aromatic nitrogens is 2. The third kappa shape index (κ3) is 3.41. The molecule has 2 aromatic rings. The lowest BCUT2D eigenvalue weighted by molar-refractivity contribution is 0.0935. The van der Waals surface area contributed by atoms with Crippen molar-refractivity contribution in [3.05, 3.63) is 36.2 Å². The van der Waals surface area contributed by atoms with Gasteiger partial charge >= 0.3 is 0 Å². The Labute approximate surface area is 117 Å². The van der Waals surface area contributed by atoms with Crippen LogP contribution < -0.4 is 5.32 Å². The number of nitrogens with one attached hydrogen (secondary N) is 1. The molecule has 19 heavy (non-hydrogen) atoms. The Morgan fingerprint density at radius 2 is 2.05 bits per heavy atom. The molecule has 1 N–H and O–H groups in total. The minimum Gasteiger partial charge on any atom is -0.349 e. The summed E-state index contributed by atoms with van der Waals surface area (Å²) < 4.78 is 0. The molecule has 0 aliphatic heterocycles. The summed E-state index contributed by atoms with van der Waals surface area (Å²) in [4.78, 5) is 20.5. The van der Waals surface area contributed by atoms with Crippen LogP contribution in [0, 0.1) is 0 Å². The molecule has 1 aromatic carbocycles. The molecule has 100 valence electrons. The van der Waals surface area contributed by atoms with Crippen LogP contribution in [-0.4, -0.2) is 27.8 Å². The molecule has 1 atom stereocenters. The van der Waals surface area contributed by atoms with Crippen LogP contribution in [0.3, 0.4) is 0 Å². The fourth-order valence-corrected chi connectivity index (χ4v) is 2.15. The van der Waals surface area contributed by atoms with Crippen LogP contribution in [0.5, 0.6) is 0 Å². The van der Waals surface area contributed by atoms with Crippen molar-refractivity contribution in [3.63, 3.8) is 0 Å². The van der Waals surface area contributed by atoms with Crippen molar-refractivity contribution in [3.8, 4) is 0 Å². The molecule has 0 saturated heterocycles. The second kappa shape index (κ2) is 6.48. The first-order chi connectivity index (χ1) is 9.24. The fraction of sp³-hybridized carbons (Fsp3) is 0.357. The van der Waals surface area contributed by atoms with E-state index in [9.17, 15) is 4.79 Å². The molecule has 0 fully saturated rings. The van der Waals surface area contributed by atoms with Crippen LogP contribution in [0.15, 0.2) is 30.6 Å². The molecular formula is C14H16ClN3O. The van der Waals surface area contributed by atoms with E-state index in [4.69, 9.17) is 11.6 Å². The number of hydrogen-bond donors (Lipinski definition) is 1. The van der Waals surface area contributed by atoms with E-state index in [0.29, 0.717) is 11.4 Å². The van der Waals surface area contributed by atoms with Gasteiger partial charge in [-0.2, -0.15) is 0 Å². The van der Waals surface area contributed by atoms with Crippen molar-refractivity contribution in [2.75, 3.05) is 5.88 Å². The lowest BCUT2D eigenvalue weighted by Crippen LogP contribution is -2.34. The number of rotatable bonds is 5. The van der Waals surface area contributed by atoms with Crippen molar-refractivity contribution in [1.29, 1.82) is 0 Å². The molecule has 4 nitrogen and oxygen atoms in total. The molecule has 0 spiro atoms. The summed E-state index contributed by atoms with van der Waals surface area (Å²) in [5, 5.41) is 2.98. The maximum absolute atomic E-state index is 12.1. The lowest BCUT2D eigenvalue weighted by Gasteiger charge is -2.15. The van der Waals surface area contributed by atoms with Gasteiger partial charge in [0.2, 0.25) is 0 Å². The summed E-state index contributed by atoms with van der Waals surface area (Å²) >= 11 is 5.71. The highest BCUT2D eigenvalue weighted by atomic mass is 35.5. The fourth-order valence-electron chi connectivity index (χ4n) is 1.88. The van der Waals surface area contributed by atoms with E-state index >= 15 is 0 Å². The van der Waals surface area contributed by atoms with Crippen molar-refractivity contribution in [2.24, 2.45) is 0 Å². The van der Waals surface area contributed by atoms with Gasteiger partial charge in [0.15, 0.2) is 0 Å². The zero-order valence-electron chi connectivity index (χ0n) is 10.8. The zero-order chi connectivity index (χ0) is 13.7. The van der Waals surface area contributed by atoms with E-state index in [0.717, 1.165) is 23.9 Å². The van der Waals surface area contributed by atoms with Crippen LogP contribution in [0.2, 0.25) is 0 Å². The summed E-state index contributed by atoms with van der Waals surface area (Å²) in [5.74, 6) is 0.451. The standard InChI is InChI=1S/C14H16ClN3O/c1-2-11(5-6-15)18-14(19)10-3-4-12-13(9-10)17-8-7-16-12/h3-4,7-9,11H,2,5-6H2,1H3,(H,18,19). The Hall–Kier alpha value is -1.68. The number of carbonyl (C=O) groups is 1. The number of amides is 1. The second-order valence-electron chi connectivity index (χ2n) is 4.32. The van der Waals surface area contributed by atoms with Gasteiger partial charge in [0.25, 0.3) is 5.91 Å². The number of benzene rings is 1. The van der Waals surface area contributed by atoms with Crippen LogP contribution in [-0.2, 0) is 0 Å². The Morgan fingerprint density at radius 1 is 1.32 bits per heavy atom. The Bertz CT molecular complexity index is 573. The molecular weight excluding hydrogens is 262 g/mol. The number of halogens is 1. The van der Waals surface area contributed by atoms with E-state index in [-0.39, 0.29) is 11.9 Å². The highest BCUT2D eigenvalue weighted by Gasteiger charge is 2.12. The van der Waals surface area contributed by atoms with Gasteiger partial charge in [0, 0.05) is 29.9 Å². The molecule has 5 heteroatoms. The molecule has 0 aliphatic rings. The predicted octanol–water partition coefficient (Wildman–Crippen LogP) is 2.77. The molecule has 1 unspecified atom stereocenters. The molecule has 0 radical (unpaired) electrons. The average Bonchev–Trinajstić information content (AvgIpc) is 2.46. The summed E-state index contributed by atoms with van der Waals surface area (Å²) in [6.45, 7) is 2.03. The second-order valence-corrected chi connectivity index (χ2v) is 4.69. The van der Waals surface area contributed by atoms with Crippen molar-refractivity contribution >= 4 is 28.5 Å². The van der Waals surface area contributed by atoms with E-state index in [1.54, 1.807) is 30.6 Å². The van der Waals surface area contributed by atoms with Gasteiger partial charge in [-0.15, -0.1) is 11.6 Å². The van der Waals surface area contributed by atoms with Gasteiger partial charge in [0.05, 0.1) is 11.0 Å². The van der Waals surface area contributed by atoms with Crippen LogP contribution in [0.1, 0.15) is 30.1 Å². The van der Waals surface area contributed by atoms with E-state index in [1.807, 2.05) is 6.92 Å². The van der Waals surface area contributed by atoms with Crippen molar-refractivity contribution in [2.45, 2.75) is 25.8 Å². The Kier molecular flexibility index (Phi) is 4.68. The largest absolute Gasteiger partial charge is 0.349 e. The van der Waals surface area contributed by atoms with Crippen LogP contribution in [0.4, 0.5) is 0 Å². The van der Waals surface area contributed by atoms with Gasteiger partial charge < -0.3 is 5.32 Å². The molecule has 0 bridgehead atoms. The van der Waals surface area contributed by atoms with Crippen molar-refractivity contribution < 1.29 is 4.79 Å². The van der Waals surface area contributed by atoms with Gasteiger partial charge in [-0.3, -0.25) is 14.8 Å². The predicted molar refractivity (Wildman–Crippen MR) is 76.4 cm³/mol. The highest BCUT2D eigenvalue weighted by Crippen LogP contribution is 2.11. The molecule has 2 rings (SSSR count). The molecule has 1 heterocycles. The summed E-state index contributed by atoms with van der Waals surface area (Å²) in [6.07, 6.45) is 4.89. The molecule has 1 aromatic heterocycles. The number of hydrogen-bond acceptors (Lipinski definition) is 3. The van der Waals surface area contributed by atoms with Crippen molar-refractivity contribution in [1.82, 2.24) is 15.3 Å². The Morgan fingerprint density at radius 3 is 2.74 bits per heavy atom. The number of fused-ring (bicyclic) bond motifs is 1. The summed E-state index contributed by atoms with van der Waals surface area (Å²) in [5.41, 5.74) is 2.11. The normalized spacial score (nSPS) is 12.3. The number of alkyl halides is 1. The smallest absolute Gasteiger partial charge is 0.251 e. The molecule has 0 saturated carbocycles. The van der Waals surface area contributed by atoms with Gasteiger partial charge in [-0.1, -0.05) is 6.92 Å². The minimum absolute atomic E-state index is 0.0930. The SMILES string of the molecule is CCC(CCCl)NC(=O)c1ccc2nccnc2c1. The maximum Gasteiger partial charge on any atom is 0.251 e. The number of carbonyl (C=O) groups excluding carboxylic acids is 1. The van der Waals surface area contributed by atoms with Gasteiger partial charge in [0.1, 0.15) is 0 Å². The maximum atomic E-state index is 12.1. The molecule has 1 amide bonds. The summed E-state index contributed by atoms with van der Waals surface area (Å²) in [7, 11) is 0. The Balaban J connectivity index is 2.16. The van der Waals surface area contributed by atoms with Gasteiger partial charge in [-0.25, -0.2) is 0 Å². The first kappa shape index (κ1) is 13.7. The third-order valence-corrected chi connectivity index (χ3v) is 3.24. The van der Waals surface area contributed by atoms with E-state index in [2.05, 4.69) is 15.3 Å². The third-order valence-electron chi connectivity index (χ3n) is 3.02. The average molecular weight is 278 g/mol. The monoisotopic (exact) mass is 277 g/mol. The van der Waals surface area contributed by atoms with E-state index < -0.39 is 0 Å². The first-order valence-corrected chi connectivity index (χ1v) is 6.85. The van der Waals surface area contributed by atoms with Gasteiger partial charge in [-0.05, 0) is 31.0 Å². The highest BCUT2D eigenvalue weighted by molar-refractivity contribution is 6.17. The minimum atomic E-state index is -0.0930. The molecule has 0 aliphatic carbocycles. The van der Waals surface area contributed by atoms with Crippen LogP contribution >= 0.6 is 11.6 Å². The quantitative estimate of drug-likeness (QED) is 0.855.